The predicted octanol–water partition coefficient (Wildman–Crippen LogP) is 3.43. The molecule has 2 heterocycles. The van der Waals surface area contributed by atoms with Crippen molar-refractivity contribution in [3.63, 3.8) is 0 Å². The molecule has 0 radical (unpaired) electrons. The van der Waals surface area contributed by atoms with Gasteiger partial charge in [0.2, 0.25) is 0 Å². The van der Waals surface area contributed by atoms with Crippen LogP contribution in [0.3, 0.4) is 0 Å². The van der Waals surface area contributed by atoms with Gasteiger partial charge in [-0.25, -0.2) is 0 Å². The van der Waals surface area contributed by atoms with Gasteiger partial charge in [0, 0.05) is 57.4 Å². The van der Waals surface area contributed by atoms with E-state index in [-0.39, 0.29) is 24.0 Å². The Morgan fingerprint density at radius 1 is 1.17 bits per heavy atom. The maximum atomic E-state index is 5.53. The highest BCUT2D eigenvalue weighted by Gasteiger charge is 2.23. The number of anilines is 1. The Bertz CT molecular complexity index is 722. The number of morpholine rings is 1. The first-order valence-electron chi connectivity index (χ1n) is 10.3. The summed E-state index contributed by atoms with van der Waals surface area (Å²) >= 11 is 1.82. The molecule has 1 aliphatic heterocycles. The highest BCUT2D eigenvalue weighted by Crippen LogP contribution is 2.25. The van der Waals surface area contributed by atoms with Crippen molar-refractivity contribution in [1.82, 2.24) is 15.5 Å². The Labute approximate surface area is 201 Å². The second-order valence-corrected chi connectivity index (χ2v) is 8.15. The van der Waals surface area contributed by atoms with Gasteiger partial charge >= 0.3 is 0 Å². The summed E-state index contributed by atoms with van der Waals surface area (Å²) in [6, 6.07) is 15.2. The third-order valence-corrected chi connectivity index (χ3v) is 6.18. The van der Waals surface area contributed by atoms with Gasteiger partial charge < -0.3 is 20.3 Å². The van der Waals surface area contributed by atoms with Crippen LogP contribution in [-0.4, -0.2) is 70.9 Å². The van der Waals surface area contributed by atoms with Gasteiger partial charge in [-0.05, 0) is 30.0 Å². The van der Waals surface area contributed by atoms with Crippen LogP contribution >= 0.6 is 35.3 Å². The lowest BCUT2D eigenvalue weighted by Gasteiger charge is -2.34. The minimum absolute atomic E-state index is 0. The molecular weight excluding hydrogens is 509 g/mol. The molecule has 30 heavy (non-hydrogen) atoms. The Balaban J connectivity index is 0.00000320. The second kappa shape index (κ2) is 13.8. The fraction of sp³-hybridized carbons (Fsp3) is 0.500. The van der Waals surface area contributed by atoms with E-state index >= 15 is 0 Å². The van der Waals surface area contributed by atoms with Crippen molar-refractivity contribution < 1.29 is 4.74 Å². The zero-order chi connectivity index (χ0) is 20.3. The van der Waals surface area contributed by atoms with Crippen molar-refractivity contribution in [1.29, 1.82) is 0 Å². The summed E-state index contributed by atoms with van der Waals surface area (Å²) in [5.74, 6) is 0.863. The van der Waals surface area contributed by atoms with Crippen LogP contribution in [0.15, 0.2) is 52.8 Å². The largest absolute Gasteiger partial charge is 0.379 e. The molecule has 166 valence electrons. The summed E-state index contributed by atoms with van der Waals surface area (Å²) in [7, 11) is 3.97. The number of para-hydroxylation sites is 1. The van der Waals surface area contributed by atoms with E-state index < -0.39 is 0 Å². The molecule has 0 spiro atoms. The average Bonchev–Trinajstić information content (AvgIpc) is 3.31. The summed E-state index contributed by atoms with van der Waals surface area (Å²) < 4.78 is 5.53. The Morgan fingerprint density at radius 3 is 2.60 bits per heavy atom. The molecule has 6 nitrogen and oxygen atoms in total. The van der Waals surface area contributed by atoms with E-state index in [1.54, 1.807) is 0 Å². The maximum absolute atomic E-state index is 5.53. The third-order valence-electron chi connectivity index (χ3n) is 5.20. The number of guanidine groups is 1. The van der Waals surface area contributed by atoms with Crippen molar-refractivity contribution in [3.05, 3.63) is 52.7 Å². The van der Waals surface area contributed by atoms with Crippen LogP contribution in [-0.2, 0) is 4.74 Å². The molecule has 0 saturated carbocycles. The number of aliphatic imine (C=N–C) groups is 1. The van der Waals surface area contributed by atoms with Crippen molar-refractivity contribution in [2.45, 2.75) is 12.5 Å². The van der Waals surface area contributed by atoms with Gasteiger partial charge in [0.25, 0.3) is 0 Å². The van der Waals surface area contributed by atoms with Crippen LogP contribution in [0.1, 0.15) is 17.3 Å². The fourth-order valence-electron chi connectivity index (χ4n) is 3.53. The Hall–Kier alpha value is -1.36. The molecule has 1 aliphatic rings. The SMILES string of the molecule is CN=C(NCCCN(C)c1ccccc1)NCC(c1cccs1)N1CCOCC1.I. The van der Waals surface area contributed by atoms with Crippen molar-refractivity contribution in [2.75, 3.05) is 64.9 Å². The van der Waals surface area contributed by atoms with E-state index in [2.05, 4.69) is 80.3 Å². The lowest BCUT2D eigenvalue weighted by Crippen LogP contribution is -2.46. The van der Waals surface area contributed by atoms with Gasteiger partial charge in [0.1, 0.15) is 0 Å². The number of ether oxygens (including phenoxy) is 1. The van der Waals surface area contributed by atoms with E-state index in [4.69, 9.17) is 4.74 Å². The molecule has 0 aliphatic carbocycles. The van der Waals surface area contributed by atoms with Crippen molar-refractivity contribution in [2.24, 2.45) is 4.99 Å². The van der Waals surface area contributed by atoms with E-state index in [0.29, 0.717) is 6.04 Å². The highest BCUT2D eigenvalue weighted by atomic mass is 127. The van der Waals surface area contributed by atoms with Gasteiger partial charge in [-0.15, -0.1) is 35.3 Å². The summed E-state index contributed by atoms with van der Waals surface area (Å²) in [5, 5.41) is 9.13. The first kappa shape index (κ1) is 24.9. The van der Waals surface area contributed by atoms with Crippen LogP contribution in [0, 0.1) is 0 Å². The summed E-state index contributed by atoms with van der Waals surface area (Å²) in [4.78, 5) is 10.6. The molecular formula is C22H34IN5OS. The molecule has 3 rings (SSSR count). The van der Waals surface area contributed by atoms with Crippen LogP contribution < -0.4 is 15.5 Å². The minimum Gasteiger partial charge on any atom is -0.379 e. The highest BCUT2D eigenvalue weighted by molar-refractivity contribution is 14.0. The normalized spacial score (nSPS) is 15.9. The zero-order valence-corrected chi connectivity index (χ0v) is 21.1. The summed E-state index contributed by atoms with van der Waals surface area (Å²) in [6.07, 6.45) is 1.05. The lowest BCUT2D eigenvalue weighted by molar-refractivity contribution is 0.0177. The topological polar surface area (TPSA) is 52.1 Å². The van der Waals surface area contributed by atoms with Crippen LogP contribution in [0.4, 0.5) is 5.69 Å². The molecule has 1 aromatic carbocycles. The summed E-state index contributed by atoms with van der Waals surface area (Å²) in [6.45, 7) is 6.29. The minimum atomic E-state index is 0. The molecule has 1 saturated heterocycles. The van der Waals surface area contributed by atoms with Gasteiger partial charge in [-0.2, -0.15) is 0 Å². The second-order valence-electron chi connectivity index (χ2n) is 7.17. The summed E-state index contributed by atoms with van der Waals surface area (Å²) in [5.41, 5.74) is 1.25. The molecule has 1 aromatic heterocycles. The smallest absolute Gasteiger partial charge is 0.191 e. The van der Waals surface area contributed by atoms with E-state index in [9.17, 15) is 0 Å². The molecule has 0 amide bonds. The number of halogens is 1. The quantitative estimate of drug-likeness (QED) is 0.220. The first-order chi connectivity index (χ1) is 14.3. The molecule has 8 heteroatoms. The number of hydrogen-bond donors (Lipinski definition) is 2. The van der Waals surface area contributed by atoms with Crippen molar-refractivity contribution in [3.8, 4) is 0 Å². The fourth-order valence-corrected chi connectivity index (χ4v) is 4.39. The number of hydrogen-bond acceptors (Lipinski definition) is 5. The standard InChI is InChI=1S/C22H33N5OS.HI/c1-23-22(24-11-7-12-26(2)19-8-4-3-5-9-19)25-18-20(21-10-6-17-29-21)27-13-15-28-16-14-27;/h3-6,8-10,17,20H,7,11-16,18H2,1-2H3,(H2,23,24,25);1H. The zero-order valence-electron chi connectivity index (χ0n) is 17.9. The van der Waals surface area contributed by atoms with Crippen LogP contribution in [0.25, 0.3) is 0 Å². The van der Waals surface area contributed by atoms with E-state index in [0.717, 1.165) is 58.3 Å². The lowest BCUT2D eigenvalue weighted by atomic mass is 10.2. The third kappa shape index (κ3) is 7.72. The van der Waals surface area contributed by atoms with Gasteiger partial charge in [-0.1, -0.05) is 24.3 Å². The number of rotatable bonds is 9. The monoisotopic (exact) mass is 543 g/mol. The number of benzene rings is 1. The molecule has 1 fully saturated rings. The molecule has 1 atom stereocenters. The molecule has 0 bridgehead atoms. The van der Waals surface area contributed by atoms with Gasteiger partial charge in [0.15, 0.2) is 5.96 Å². The van der Waals surface area contributed by atoms with Gasteiger partial charge in [-0.3, -0.25) is 9.89 Å². The van der Waals surface area contributed by atoms with Gasteiger partial charge in [0.05, 0.1) is 19.3 Å². The number of nitrogens with one attached hydrogen (secondary N) is 2. The van der Waals surface area contributed by atoms with E-state index in [1.165, 1.54) is 10.6 Å². The molecule has 1 unspecified atom stereocenters. The van der Waals surface area contributed by atoms with E-state index in [1.807, 2.05) is 18.4 Å². The maximum Gasteiger partial charge on any atom is 0.191 e. The number of thiophene rings is 1. The molecule has 2 aromatic rings. The van der Waals surface area contributed by atoms with Crippen LogP contribution in [0.5, 0.6) is 0 Å². The number of nitrogens with zero attached hydrogens (tertiary/aromatic N) is 3. The van der Waals surface area contributed by atoms with Crippen molar-refractivity contribution >= 4 is 47.0 Å². The predicted molar refractivity (Wildman–Crippen MR) is 139 cm³/mol. The van der Waals surface area contributed by atoms with Crippen LogP contribution in [0.2, 0.25) is 0 Å². The molecule has 2 N–H and O–H groups in total. The Kier molecular flexibility index (Phi) is 11.5. The first-order valence-corrected chi connectivity index (χ1v) is 11.2. The Morgan fingerprint density at radius 2 is 1.93 bits per heavy atom. The average molecular weight is 544 g/mol.